The summed E-state index contributed by atoms with van der Waals surface area (Å²) in [7, 11) is 1.57. The Labute approximate surface area is 224 Å². The van der Waals surface area contributed by atoms with Crippen molar-refractivity contribution in [3.05, 3.63) is 41.7 Å². The molecule has 1 atom stereocenters. The summed E-state index contributed by atoms with van der Waals surface area (Å²) in [5, 5.41) is 8.05. The summed E-state index contributed by atoms with van der Waals surface area (Å²) in [5.74, 6) is 2.56. The van der Waals surface area contributed by atoms with E-state index in [1.165, 1.54) is 11.1 Å². The summed E-state index contributed by atoms with van der Waals surface area (Å²) in [5.41, 5.74) is 3.60. The van der Waals surface area contributed by atoms with E-state index < -0.39 is 0 Å². The van der Waals surface area contributed by atoms with E-state index in [-0.39, 0.29) is 11.8 Å². The highest BCUT2D eigenvalue weighted by Gasteiger charge is 2.29. The van der Waals surface area contributed by atoms with Gasteiger partial charge < -0.3 is 23.9 Å². The smallest absolute Gasteiger partial charge is 0.324 e. The van der Waals surface area contributed by atoms with Crippen LogP contribution >= 0.6 is 0 Å². The molecule has 0 bridgehead atoms. The highest BCUT2D eigenvalue weighted by atomic mass is 16.6. The number of aryl methyl sites for hydroxylation is 1. The van der Waals surface area contributed by atoms with Crippen LogP contribution in [0.1, 0.15) is 63.3 Å². The number of carbonyl (C=O) groups excluding carboxylic acids is 1. The average molecular weight is 522 g/mol. The summed E-state index contributed by atoms with van der Waals surface area (Å²) >= 11 is 0. The van der Waals surface area contributed by atoms with Crippen LogP contribution in [0, 0.1) is 11.8 Å². The van der Waals surface area contributed by atoms with Crippen molar-refractivity contribution in [2.45, 2.75) is 58.3 Å². The molecule has 9 nitrogen and oxygen atoms in total. The van der Waals surface area contributed by atoms with E-state index in [1.54, 1.807) is 7.11 Å². The first-order valence-electron chi connectivity index (χ1n) is 14.0. The molecule has 204 valence electrons. The molecule has 2 saturated heterocycles. The maximum atomic E-state index is 13.0. The van der Waals surface area contributed by atoms with Crippen molar-refractivity contribution >= 4 is 23.2 Å². The van der Waals surface area contributed by atoms with Crippen LogP contribution in [-0.2, 0) is 16.1 Å². The minimum Gasteiger partial charge on any atom is -0.493 e. The van der Waals surface area contributed by atoms with Gasteiger partial charge in [0, 0.05) is 51.4 Å². The van der Waals surface area contributed by atoms with Crippen LogP contribution < -0.4 is 9.64 Å². The third-order valence-electron chi connectivity index (χ3n) is 8.00. The lowest BCUT2D eigenvalue weighted by atomic mass is 9.85. The quantitative estimate of drug-likeness (QED) is 0.464. The summed E-state index contributed by atoms with van der Waals surface area (Å²) in [4.78, 5) is 26.5. The fourth-order valence-electron chi connectivity index (χ4n) is 5.57. The molecular formula is C29H39N5O4. The maximum Gasteiger partial charge on any atom is 0.324 e. The average Bonchev–Trinajstić information content (AvgIpc) is 3.47. The van der Waals surface area contributed by atoms with Gasteiger partial charge in [0.15, 0.2) is 5.82 Å². The first-order valence-corrected chi connectivity index (χ1v) is 14.0. The molecule has 1 aliphatic carbocycles. The second-order valence-corrected chi connectivity index (χ2v) is 10.5. The molecule has 3 heterocycles. The molecule has 9 heteroatoms. The fraction of sp³-hybridized carbons (Fsp3) is 0.586. The number of piperidine rings is 2. The Balaban J connectivity index is 1.05. The lowest BCUT2D eigenvalue weighted by molar-refractivity contribution is -0.135. The molecule has 0 spiro atoms. The number of anilines is 1. The number of benzene rings is 1. The lowest BCUT2D eigenvalue weighted by Crippen LogP contribution is -2.42. The SMILES string of the molecule is CCc1noc(N2CCC(COc3ccc(C4=CCC(C(=O)N5CCC(=NOC)CC5)CC4)cc3)CC2)n1. The Hall–Kier alpha value is -3.36. The Morgan fingerprint density at radius 1 is 1.08 bits per heavy atom. The number of carbonyl (C=O) groups is 1. The molecule has 2 aromatic rings. The van der Waals surface area contributed by atoms with Crippen LogP contribution in [-0.4, -0.2) is 66.6 Å². The maximum absolute atomic E-state index is 13.0. The number of aromatic nitrogens is 2. The second-order valence-electron chi connectivity index (χ2n) is 10.5. The molecule has 0 saturated carbocycles. The Bertz CT molecular complexity index is 1120. The van der Waals surface area contributed by atoms with Crippen molar-refractivity contribution in [1.82, 2.24) is 15.0 Å². The summed E-state index contributed by atoms with van der Waals surface area (Å²) in [6, 6.07) is 9.07. The number of amides is 1. The van der Waals surface area contributed by atoms with Crippen LogP contribution in [0.25, 0.3) is 5.57 Å². The molecule has 1 aromatic heterocycles. The van der Waals surface area contributed by atoms with E-state index in [1.807, 2.05) is 11.8 Å². The summed E-state index contributed by atoms with van der Waals surface area (Å²) < 4.78 is 11.5. The number of allylic oxidation sites excluding steroid dienone is 2. The molecule has 3 aliphatic rings. The minimum absolute atomic E-state index is 0.0854. The van der Waals surface area contributed by atoms with Crippen LogP contribution in [0.4, 0.5) is 6.01 Å². The summed E-state index contributed by atoms with van der Waals surface area (Å²) in [6.45, 7) is 6.06. The predicted molar refractivity (Wildman–Crippen MR) is 146 cm³/mol. The fourth-order valence-corrected chi connectivity index (χ4v) is 5.57. The second kappa shape index (κ2) is 12.5. The Kier molecular flexibility index (Phi) is 8.61. The molecule has 5 rings (SSSR count). The number of hydrogen-bond donors (Lipinski definition) is 0. The number of ether oxygens (including phenoxy) is 1. The molecule has 2 fully saturated rings. The monoisotopic (exact) mass is 521 g/mol. The number of nitrogens with zero attached hydrogens (tertiary/aromatic N) is 5. The van der Waals surface area contributed by atoms with Crippen LogP contribution in [0.15, 0.2) is 40.0 Å². The third-order valence-corrected chi connectivity index (χ3v) is 8.00. The van der Waals surface area contributed by atoms with E-state index in [0.29, 0.717) is 11.9 Å². The summed E-state index contributed by atoms with van der Waals surface area (Å²) in [6.07, 6.45) is 9.40. The molecule has 1 amide bonds. The molecule has 1 unspecified atom stereocenters. The molecule has 1 aromatic carbocycles. The van der Waals surface area contributed by atoms with E-state index in [2.05, 4.69) is 50.5 Å². The van der Waals surface area contributed by atoms with Crippen LogP contribution in [0.2, 0.25) is 0 Å². The van der Waals surface area contributed by atoms with Gasteiger partial charge in [-0.15, -0.1) is 0 Å². The van der Waals surface area contributed by atoms with E-state index in [9.17, 15) is 4.79 Å². The zero-order valence-electron chi connectivity index (χ0n) is 22.6. The van der Waals surface area contributed by atoms with Crippen molar-refractivity contribution in [2.75, 3.05) is 44.8 Å². The Morgan fingerprint density at radius 2 is 1.84 bits per heavy atom. The van der Waals surface area contributed by atoms with Crippen molar-refractivity contribution in [1.29, 1.82) is 0 Å². The number of likely N-dealkylation sites (tertiary alicyclic amines) is 1. The van der Waals surface area contributed by atoms with Gasteiger partial charge in [-0.25, -0.2) is 0 Å². The van der Waals surface area contributed by atoms with Crippen molar-refractivity contribution in [3.8, 4) is 5.75 Å². The lowest BCUT2D eigenvalue weighted by Gasteiger charge is -2.32. The van der Waals surface area contributed by atoms with Crippen molar-refractivity contribution < 1.29 is 18.9 Å². The number of rotatable bonds is 8. The van der Waals surface area contributed by atoms with Crippen molar-refractivity contribution in [2.24, 2.45) is 17.0 Å². The van der Waals surface area contributed by atoms with Gasteiger partial charge in [0.05, 0.1) is 12.3 Å². The molecule has 38 heavy (non-hydrogen) atoms. The third kappa shape index (κ3) is 6.37. The normalized spacial score (nSPS) is 20.7. The predicted octanol–water partition coefficient (Wildman–Crippen LogP) is 4.74. The van der Waals surface area contributed by atoms with Gasteiger partial charge in [0.2, 0.25) is 5.91 Å². The van der Waals surface area contributed by atoms with Gasteiger partial charge in [-0.05, 0) is 61.3 Å². The largest absolute Gasteiger partial charge is 0.493 e. The van der Waals surface area contributed by atoms with Gasteiger partial charge in [0.1, 0.15) is 12.9 Å². The molecule has 0 radical (unpaired) electrons. The number of oxime groups is 1. The zero-order chi connectivity index (χ0) is 26.3. The Morgan fingerprint density at radius 3 is 2.47 bits per heavy atom. The van der Waals surface area contributed by atoms with E-state index in [0.717, 1.165) is 101 Å². The highest BCUT2D eigenvalue weighted by molar-refractivity contribution is 5.88. The van der Waals surface area contributed by atoms with Gasteiger partial charge in [-0.1, -0.05) is 35.4 Å². The standard InChI is InChI=1S/C29H39N5O4/c1-3-27-30-29(38-32-27)34-16-12-21(13-17-34)20-37-26-10-8-23(9-11-26)22-4-6-24(7-5-22)28(35)33-18-14-25(15-19-33)31-36-2/h4,8-11,21,24H,3,5-7,12-20H2,1-2H3. The van der Waals surface area contributed by atoms with Crippen LogP contribution in [0.5, 0.6) is 5.75 Å². The topological polar surface area (TPSA) is 93.3 Å². The molecule has 2 aliphatic heterocycles. The van der Waals surface area contributed by atoms with Gasteiger partial charge in [0.25, 0.3) is 0 Å². The van der Waals surface area contributed by atoms with Crippen molar-refractivity contribution in [3.63, 3.8) is 0 Å². The highest BCUT2D eigenvalue weighted by Crippen LogP contribution is 2.32. The first kappa shape index (κ1) is 26.3. The van der Waals surface area contributed by atoms with Gasteiger partial charge in [-0.3, -0.25) is 4.79 Å². The number of hydrogen-bond acceptors (Lipinski definition) is 8. The van der Waals surface area contributed by atoms with E-state index >= 15 is 0 Å². The minimum atomic E-state index is 0.0854. The van der Waals surface area contributed by atoms with E-state index in [4.69, 9.17) is 14.1 Å². The van der Waals surface area contributed by atoms with Gasteiger partial charge >= 0.3 is 6.01 Å². The first-order chi connectivity index (χ1) is 18.6. The zero-order valence-corrected chi connectivity index (χ0v) is 22.6. The van der Waals surface area contributed by atoms with Crippen LogP contribution in [0.3, 0.4) is 0 Å². The van der Waals surface area contributed by atoms with Gasteiger partial charge in [-0.2, -0.15) is 4.98 Å². The molecular weight excluding hydrogens is 482 g/mol. The molecule has 0 N–H and O–H groups in total.